The van der Waals surface area contributed by atoms with Gasteiger partial charge in [-0.1, -0.05) is 24.3 Å². The second kappa shape index (κ2) is 8.46. The van der Waals surface area contributed by atoms with Crippen LogP contribution in [-0.4, -0.2) is 55.7 Å². The Hall–Kier alpha value is -2.91. The van der Waals surface area contributed by atoms with Crippen LogP contribution in [0.2, 0.25) is 0 Å². The zero-order chi connectivity index (χ0) is 23.2. The number of ether oxygens (including phenoxy) is 1. The highest BCUT2D eigenvalue weighted by Gasteiger charge is 2.36. The lowest BCUT2D eigenvalue weighted by Crippen LogP contribution is -2.45. The van der Waals surface area contributed by atoms with E-state index in [1.54, 1.807) is 13.0 Å². The van der Waals surface area contributed by atoms with Gasteiger partial charge in [0.1, 0.15) is 5.75 Å². The second-order valence-corrected chi connectivity index (χ2v) is 10.8. The number of hydrogen-bond donors (Lipinski definition) is 1. The van der Waals surface area contributed by atoms with Crippen molar-refractivity contribution in [3.05, 3.63) is 53.1 Å². The Morgan fingerprint density at radius 1 is 1.09 bits per heavy atom. The predicted molar refractivity (Wildman–Crippen MR) is 122 cm³/mol. The van der Waals surface area contributed by atoms with E-state index in [4.69, 9.17) is 4.74 Å². The highest BCUT2D eigenvalue weighted by molar-refractivity contribution is 7.89. The van der Waals surface area contributed by atoms with Gasteiger partial charge < -0.3 is 15.0 Å². The quantitative estimate of drug-likeness (QED) is 0.744. The highest BCUT2D eigenvalue weighted by Crippen LogP contribution is 2.35. The summed E-state index contributed by atoms with van der Waals surface area (Å²) >= 11 is 0. The molecule has 1 fully saturated rings. The number of piperidine rings is 1. The van der Waals surface area contributed by atoms with E-state index in [1.165, 1.54) is 21.5 Å². The third-order valence-electron chi connectivity index (χ3n) is 6.77. The largest absolute Gasteiger partial charge is 0.482 e. The molecule has 0 unspecified atom stereocenters. The maximum absolute atomic E-state index is 13.4. The van der Waals surface area contributed by atoms with Gasteiger partial charge in [-0.2, -0.15) is 4.31 Å². The number of rotatable bonds is 3. The Morgan fingerprint density at radius 3 is 2.58 bits per heavy atom. The van der Waals surface area contributed by atoms with Crippen LogP contribution >= 0.6 is 0 Å². The number of aryl methyl sites for hydroxylation is 1. The maximum atomic E-state index is 13.4. The number of sulfonamides is 1. The molecule has 0 aliphatic carbocycles. The fraction of sp³-hybridized carbons (Fsp3) is 0.417. The Kier molecular flexibility index (Phi) is 5.62. The molecule has 3 aliphatic heterocycles. The van der Waals surface area contributed by atoms with Crippen LogP contribution in [0.3, 0.4) is 0 Å². The zero-order valence-corrected chi connectivity index (χ0v) is 19.4. The number of benzene rings is 2. The van der Waals surface area contributed by atoms with E-state index in [0.29, 0.717) is 56.0 Å². The molecule has 1 N–H and O–H groups in total. The summed E-state index contributed by atoms with van der Waals surface area (Å²) in [5.41, 5.74) is 3.52. The topological polar surface area (TPSA) is 96.0 Å². The van der Waals surface area contributed by atoms with Crippen LogP contribution in [0.1, 0.15) is 29.5 Å². The molecule has 2 aromatic rings. The molecule has 0 spiro atoms. The molecule has 0 aromatic heterocycles. The van der Waals surface area contributed by atoms with Crippen LogP contribution < -0.4 is 10.1 Å². The number of hydrogen-bond acceptors (Lipinski definition) is 5. The summed E-state index contributed by atoms with van der Waals surface area (Å²) in [7, 11) is -3.74. The Morgan fingerprint density at radius 2 is 1.82 bits per heavy atom. The van der Waals surface area contributed by atoms with Gasteiger partial charge in [-0.3, -0.25) is 9.59 Å². The molecular weight excluding hydrogens is 442 g/mol. The normalized spacial score (nSPS) is 19.3. The van der Waals surface area contributed by atoms with E-state index in [-0.39, 0.29) is 29.2 Å². The first-order valence-corrected chi connectivity index (χ1v) is 12.7. The van der Waals surface area contributed by atoms with Gasteiger partial charge in [0.05, 0.1) is 10.6 Å². The Balaban J connectivity index is 1.26. The van der Waals surface area contributed by atoms with Gasteiger partial charge in [0, 0.05) is 38.2 Å². The molecule has 174 valence electrons. The molecule has 0 radical (unpaired) electrons. The van der Waals surface area contributed by atoms with E-state index >= 15 is 0 Å². The van der Waals surface area contributed by atoms with Gasteiger partial charge in [0.15, 0.2) is 6.61 Å². The Labute approximate surface area is 193 Å². The maximum Gasteiger partial charge on any atom is 0.262 e. The monoisotopic (exact) mass is 469 g/mol. The van der Waals surface area contributed by atoms with Crippen molar-refractivity contribution in [1.29, 1.82) is 0 Å². The minimum atomic E-state index is -3.74. The van der Waals surface area contributed by atoms with E-state index in [9.17, 15) is 18.0 Å². The van der Waals surface area contributed by atoms with Gasteiger partial charge in [0.2, 0.25) is 15.9 Å². The molecule has 9 heteroatoms. The van der Waals surface area contributed by atoms with Crippen LogP contribution in [0.15, 0.2) is 41.3 Å². The van der Waals surface area contributed by atoms with Crippen molar-refractivity contribution in [2.45, 2.75) is 37.6 Å². The summed E-state index contributed by atoms with van der Waals surface area (Å²) in [6, 6.07) is 11.3. The minimum Gasteiger partial charge on any atom is -0.482 e. The third kappa shape index (κ3) is 4.11. The first-order chi connectivity index (χ1) is 15.8. The minimum absolute atomic E-state index is 0.121. The van der Waals surface area contributed by atoms with Crippen LogP contribution in [0, 0.1) is 12.8 Å². The van der Waals surface area contributed by atoms with Crippen molar-refractivity contribution < 1.29 is 22.7 Å². The van der Waals surface area contributed by atoms with Gasteiger partial charge >= 0.3 is 0 Å². The number of nitrogens with zero attached hydrogens (tertiary/aromatic N) is 2. The summed E-state index contributed by atoms with van der Waals surface area (Å²) in [6.07, 6.45) is 1.87. The highest BCUT2D eigenvalue weighted by atomic mass is 32.2. The SMILES string of the molecule is Cc1cc2c(cc1S(=O)(=O)N1CCC(C(=O)N3CCc4ccccc4C3)CC1)OCC(=O)N2. The number of anilines is 1. The fourth-order valence-corrected chi connectivity index (χ4v) is 6.61. The average molecular weight is 470 g/mol. The van der Waals surface area contributed by atoms with Crippen molar-refractivity contribution in [2.75, 3.05) is 31.6 Å². The number of fused-ring (bicyclic) bond motifs is 2. The standard InChI is InChI=1S/C24H27N3O5S/c1-16-12-20-21(32-15-23(28)25-20)13-22(16)33(30,31)27-10-7-18(8-11-27)24(29)26-9-6-17-4-2-3-5-19(17)14-26/h2-5,12-13,18H,6-11,14-15H2,1H3,(H,25,28). The molecule has 3 heterocycles. The molecule has 0 saturated carbocycles. The van der Waals surface area contributed by atoms with Crippen molar-refractivity contribution >= 4 is 27.5 Å². The van der Waals surface area contributed by atoms with E-state index < -0.39 is 10.0 Å². The molecule has 33 heavy (non-hydrogen) atoms. The van der Waals surface area contributed by atoms with E-state index in [0.717, 1.165) is 6.42 Å². The second-order valence-electron chi connectivity index (χ2n) is 8.91. The molecule has 2 amide bonds. The molecule has 1 saturated heterocycles. The lowest BCUT2D eigenvalue weighted by Gasteiger charge is -2.36. The number of nitrogens with one attached hydrogen (secondary N) is 1. The molecule has 8 nitrogen and oxygen atoms in total. The molecule has 5 rings (SSSR count). The van der Waals surface area contributed by atoms with Crippen molar-refractivity contribution in [1.82, 2.24) is 9.21 Å². The number of carbonyl (C=O) groups excluding carboxylic acids is 2. The van der Waals surface area contributed by atoms with Gasteiger partial charge in [-0.15, -0.1) is 0 Å². The van der Waals surface area contributed by atoms with Gasteiger partial charge in [0.25, 0.3) is 5.91 Å². The zero-order valence-electron chi connectivity index (χ0n) is 18.5. The first-order valence-electron chi connectivity index (χ1n) is 11.3. The molecule has 0 bridgehead atoms. The van der Waals surface area contributed by atoms with Crippen molar-refractivity contribution in [3.8, 4) is 5.75 Å². The summed E-state index contributed by atoms with van der Waals surface area (Å²) in [5.74, 6) is 0.0520. The van der Waals surface area contributed by atoms with Crippen LogP contribution in [0.25, 0.3) is 0 Å². The van der Waals surface area contributed by atoms with Gasteiger partial charge in [-0.05, 0) is 48.9 Å². The number of amides is 2. The van der Waals surface area contributed by atoms with E-state index in [2.05, 4.69) is 17.4 Å². The molecule has 2 aromatic carbocycles. The lowest BCUT2D eigenvalue weighted by atomic mass is 9.94. The smallest absolute Gasteiger partial charge is 0.262 e. The fourth-order valence-electron chi connectivity index (χ4n) is 4.92. The first kappa shape index (κ1) is 21.9. The van der Waals surface area contributed by atoms with Crippen LogP contribution in [0.5, 0.6) is 5.75 Å². The van der Waals surface area contributed by atoms with Crippen LogP contribution in [0.4, 0.5) is 5.69 Å². The van der Waals surface area contributed by atoms with Crippen molar-refractivity contribution in [3.63, 3.8) is 0 Å². The number of carbonyl (C=O) groups is 2. The third-order valence-corrected chi connectivity index (χ3v) is 8.81. The predicted octanol–water partition coefficient (Wildman–Crippen LogP) is 2.31. The van der Waals surface area contributed by atoms with E-state index in [1.807, 2.05) is 17.0 Å². The van der Waals surface area contributed by atoms with Crippen molar-refractivity contribution in [2.24, 2.45) is 5.92 Å². The molecule has 3 aliphatic rings. The summed E-state index contributed by atoms with van der Waals surface area (Å²) in [5, 5.41) is 2.70. The summed E-state index contributed by atoms with van der Waals surface area (Å²) in [6.45, 7) is 3.51. The summed E-state index contributed by atoms with van der Waals surface area (Å²) in [4.78, 5) is 26.8. The Bertz CT molecular complexity index is 1220. The van der Waals surface area contributed by atoms with Gasteiger partial charge in [-0.25, -0.2) is 8.42 Å². The van der Waals surface area contributed by atoms with Crippen LogP contribution in [-0.2, 0) is 32.6 Å². The molecule has 0 atom stereocenters. The summed E-state index contributed by atoms with van der Waals surface area (Å²) < 4.78 is 33.6. The average Bonchev–Trinajstić information content (AvgIpc) is 2.82. The molecular formula is C24H27N3O5S. The lowest BCUT2D eigenvalue weighted by molar-refractivity contribution is -0.137.